The maximum atomic E-state index is 12.5. The largest absolute Gasteiger partial charge is 0.463 e. The van der Waals surface area contributed by atoms with Gasteiger partial charge in [-0.1, -0.05) is 26.0 Å². The van der Waals surface area contributed by atoms with Gasteiger partial charge in [0.15, 0.2) is 0 Å². The van der Waals surface area contributed by atoms with Crippen molar-refractivity contribution in [3.05, 3.63) is 53.5 Å². The molecule has 0 spiro atoms. The molecule has 3 rings (SSSR count). The highest BCUT2D eigenvalue weighted by Crippen LogP contribution is 2.19. The Labute approximate surface area is 195 Å². The second-order valence-electron chi connectivity index (χ2n) is 8.40. The van der Waals surface area contributed by atoms with Crippen molar-refractivity contribution in [1.29, 1.82) is 0 Å². The molecule has 0 bridgehead atoms. The van der Waals surface area contributed by atoms with Gasteiger partial charge in [-0.25, -0.2) is 14.8 Å². The zero-order valence-electron chi connectivity index (χ0n) is 19.9. The molecule has 176 valence electrons. The third-order valence-corrected chi connectivity index (χ3v) is 5.33. The Morgan fingerprint density at radius 1 is 1.12 bits per heavy atom. The van der Waals surface area contributed by atoms with Crippen LogP contribution in [0.3, 0.4) is 0 Å². The lowest BCUT2D eigenvalue weighted by Crippen LogP contribution is -2.49. The summed E-state index contributed by atoms with van der Waals surface area (Å²) in [4.78, 5) is 37.6. The van der Waals surface area contributed by atoms with Crippen molar-refractivity contribution in [2.45, 2.75) is 33.6 Å². The highest BCUT2D eigenvalue weighted by Gasteiger charge is 2.21. The predicted molar refractivity (Wildman–Crippen MR) is 130 cm³/mol. The third-order valence-electron chi connectivity index (χ3n) is 5.33. The summed E-state index contributed by atoms with van der Waals surface area (Å²) >= 11 is 0. The van der Waals surface area contributed by atoms with E-state index in [1.807, 2.05) is 37.3 Å². The van der Waals surface area contributed by atoms with E-state index in [0.717, 1.165) is 54.8 Å². The van der Waals surface area contributed by atoms with Gasteiger partial charge in [-0.15, -0.1) is 0 Å². The first-order valence-electron chi connectivity index (χ1n) is 11.4. The number of rotatable bonds is 8. The predicted octanol–water partition coefficient (Wildman–Crippen LogP) is 3.25. The number of carbonyl (C=O) groups is 2. The van der Waals surface area contributed by atoms with E-state index in [1.54, 1.807) is 13.0 Å². The average molecular weight is 452 g/mol. The maximum absolute atomic E-state index is 12.5. The molecule has 1 saturated heterocycles. The summed E-state index contributed by atoms with van der Waals surface area (Å²) in [7, 11) is 0. The Morgan fingerprint density at radius 2 is 1.82 bits per heavy atom. The van der Waals surface area contributed by atoms with Gasteiger partial charge in [-0.05, 0) is 37.6 Å². The molecule has 0 unspecified atom stereocenters. The molecule has 1 aromatic carbocycles. The van der Waals surface area contributed by atoms with Crippen LogP contribution in [0.4, 0.5) is 11.5 Å². The Morgan fingerprint density at radius 3 is 2.45 bits per heavy atom. The fraction of sp³-hybridized carbons (Fsp3) is 0.440. The monoisotopic (exact) mass is 451 g/mol. The molecule has 1 fully saturated rings. The number of carbonyl (C=O) groups excluding carboxylic acids is 2. The SMILES string of the molecule is CCOC(=O)/C=C/c1ccc(NC(=O)CN2CCN(c3cc(C)nc(C(C)C)n3)CC2)cc1. The van der Waals surface area contributed by atoms with Crippen LogP contribution in [0.2, 0.25) is 0 Å². The number of aromatic nitrogens is 2. The minimum atomic E-state index is -0.370. The molecule has 0 saturated carbocycles. The number of piperazine rings is 1. The van der Waals surface area contributed by atoms with Gasteiger partial charge in [-0.2, -0.15) is 0 Å². The van der Waals surface area contributed by atoms with Crippen LogP contribution in [0.25, 0.3) is 6.08 Å². The highest BCUT2D eigenvalue weighted by atomic mass is 16.5. The zero-order chi connectivity index (χ0) is 23.8. The first-order chi connectivity index (χ1) is 15.8. The van der Waals surface area contributed by atoms with Crippen molar-refractivity contribution in [2.24, 2.45) is 0 Å². The summed E-state index contributed by atoms with van der Waals surface area (Å²) in [5.41, 5.74) is 2.57. The molecule has 8 nitrogen and oxygen atoms in total. The number of benzene rings is 1. The first-order valence-corrected chi connectivity index (χ1v) is 11.4. The number of nitrogens with one attached hydrogen (secondary N) is 1. The van der Waals surface area contributed by atoms with E-state index in [0.29, 0.717) is 13.2 Å². The molecule has 1 aromatic heterocycles. The van der Waals surface area contributed by atoms with Gasteiger partial charge in [0.05, 0.1) is 13.2 Å². The molecule has 8 heteroatoms. The lowest BCUT2D eigenvalue weighted by molar-refractivity contribution is -0.137. The van der Waals surface area contributed by atoms with E-state index >= 15 is 0 Å². The van der Waals surface area contributed by atoms with Gasteiger partial charge >= 0.3 is 5.97 Å². The Kier molecular flexibility index (Phi) is 8.54. The second kappa shape index (κ2) is 11.6. The Bertz CT molecular complexity index is 980. The van der Waals surface area contributed by atoms with Gasteiger partial charge in [0.1, 0.15) is 11.6 Å². The summed E-state index contributed by atoms with van der Waals surface area (Å²) in [6.07, 6.45) is 3.08. The number of nitrogens with zero attached hydrogens (tertiary/aromatic N) is 4. The minimum Gasteiger partial charge on any atom is -0.463 e. The molecule has 2 aromatic rings. The van der Waals surface area contributed by atoms with Crippen LogP contribution in [-0.4, -0.2) is 66.1 Å². The van der Waals surface area contributed by atoms with E-state index in [9.17, 15) is 9.59 Å². The molecule has 0 radical (unpaired) electrons. The fourth-order valence-corrected chi connectivity index (χ4v) is 3.57. The van der Waals surface area contributed by atoms with E-state index in [1.165, 1.54) is 6.08 Å². The smallest absolute Gasteiger partial charge is 0.330 e. The van der Waals surface area contributed by atoms with Crippen molar-refractivity contribution in [3.8, 4) is 0 Å². The molecular weight excluding hydrogens is 418 g/mol. The summed E-state index contributed by atoms with van der Waals surface area (Å²) in [5.74, 6) is 1.71. The van der Waals surface area contributed by atoms with Crippen LogP contribution in [0.5, 0.6) is 0 Å². The number of aryl methyl sites for hydroxylation is 1. The summed E-state index contributed by atoms with van der Waals surface area (Å²) in [6, 6.07) is 9.37. The second-order valence-corrected chi connectivity index (χ2v) is 8.40. The maximum Gasteiger partial charge on any atom is 0.330 e. The van der Waals surface area contributed by atoms with Crippen molar-refractivity contribution < 1.29 is 14.3 Å². The molecule has 1 aliphatic rings. The van der Waals surface area contributed by atoms with E-state index < -0.39 is 0 Å². The lowest BCUT2D eigenvalue weighted by Gasteiger charge is -2.35. The van der Waals surface area contributed by atoms with Gasteiger partial charge in [-0.3, -0.25) is 9.69 Å². The minimum absolute atomic E-state index is 0.0433. The van der Waals surface area contributed by atoms with Crippen LogP contribution in [0.1, 0.15) is 43.8 Å². The number of hydrogen-bond acceptors (Lipinski definition) is 7. The van der Waals surface area contributed by atoms with Gasteiger partial charge in [0.2, 0.25) is 5.91 Å². The molecule has 1 aliphatic heterocycles. The van der Waals surface area contributed by atoms with Crippen LogP contribution >= 0.6 is 0 Å². The average Bonchev–Trinajstić information content (AvgIpc) is 2.79. The quantitative estimate of drug-likeness (QED) is 0.487. The van der Waals surface area contributed by atoms with Crippen molar-refractivity contribution in [3.63, 3.8) is 0 Å². The van der Waals surface area contributed by atoms with Crippen LogP contribution in [0.15, 0.2) is 36.4 Å². The van der Waals surface area contributed by atoms with E-state index in [2.05, 4.69) is 33.9 Å². The van der Waals surface area contributed by atoms with Gasteiger partial charge in [0, 0.05) is 55.6 Å². The normalized spacial score (nSPS) is 14.6. The number of anilines is 2. The number of esters is 1. The first kappa shape index (κ1) is 24.4. The van der Waals surface area contributed by atoms with Gasteiger partial charge < -0.3 is 15.0 Å². The lowest BCUT2D eigenvalue weighted by atomic mass is 10.2. The number of ether oxygens (including phenoxy) is 1. The standard InChI is InChI=1S/C25H33N5O3/c1-5-33-24(32)11-8-20-6-9-21(10-7-20)27-23(31)17-29-12-14-30(15-13-29)22-16-19(4)26-25(28-22)18(2)3/h6-11,16,18H,5,12-15,17H2,1-4H3,(H,27,31)/b11-8+. The highest BCUT2D eigenvalue weighted by molar-refractivity contribution is 5.92. The molecule has 0 atom stereocenters. The van der Waals surface area contributed by atoms with Gasteiger partial charge in [0.25, 0.3) is 0 Å². The fourth-order valence-electron chi connectivity index (χ4n) is 3.57. The number of hydrogen-bond donors (Lipinski definition) is 1. The van der Waals surface area contributed by atoms with Crippen molar-refractivity contribution >= 4 is 29.5 Å². The van der Waals surface area contributed by atoms with Crippen LogP contribution in [0, 0.1) is 6.92 Å². The molecule has 33 heavy (non-hydrogen) atoms. The number of amides is 1. The summed E-state index contributed by atoms with van der Waals surface area (Å²) in [5, 5.41) is 2.94. The molecular formula is C25H33N5O3. The zero-order valence-corrected chi connectivity index (χ0v) is 19.9. The Balaban J connectivity index is 1.47. The molecule has 0 aliphatic carbocycles. The molecule has 2 heterocycles. The van der Waals surface area contributed by atoms with E-state index in [4.69, 9.17) is 9.72 Å². The van der Waals surface area contributed by atoms with Crippen molar-refractivity contribution in [2.75, 3.05) is 49.5 Å². The van der Waals surface area contributed by atoms with Crippen molar-refractivity contribution in [1.82, 2.24) is 14.9 Å². The van der Waals surface area contributed by atoms with E-state index in [-0.39, 0.29) is 17.8 Å². The molecule has 1 N–H and O–H groups in total. The topological polar surface area (TPSA) is 87.7 Å². The molecule has 1 amide bonds. The summed E-state index contributed by atoms with van der Waals surface area (Å²) in [6.45, 7) is 11.9. The van der Waals surface area contributed by atoms with Crippen LogP contribution < -0.4 is 10.2 Å². The summed E-state index contributed by atoms with van der Waals surface area (Å²) < 4.78 is 4.87. The third kappa shape index (κ3) is 7.39. The van der Waals surface area contributed by atoms with Crippen LogP contribution in [-0.2, 0) is 14.3 Å². The Hall–Kier alpha value is -3.26.